The number of nitrogens with zero attached hydrogens (tertiary/aromatic N) is 2. The topological polar surface area (TPSA) is 59.1 Å². The smallest absolute Gasteiger partial charge is 0.255 e. The fourth-order valence-corrected chi connectivity index (χ4v) is 3.83. The maximum atomic E-state index is 13.8. The molecule has 3 aromatic rings. The molecule has 0 bridgehead atoms. The van der Waals surface area contributed by atoms with Crippen molar-refractivity contribution in [3.63, 3.8) is 0 Å². The highest BCUT2D eigenvalue weighted by Crippen LogP contribution is 2.38. The monoisotopic (exact) mass is 416 g/mol. The summed E-state index contributed by atoms with van der Waals surface area (Å²) in [6.07, 6.45) is 0. The van der Waals surface area contributed by atoms with Crippen LogP contribution in [-0.4, -0.2) is 32.6 Å². The van der Waals surface area contributed by atoms with Crippen LogP contribution in [0.2, 0.25) is 0 Å². The SMILES string of the molecule is COc1ccc(N2CC(=O)N(c3ccccc3)[C@@H](c3ccc(C)cc3)C2=O)c(OC)c1. The molecule has 0 saturated carbocycles. The van der Waals surface area contributed by atoms with Crippen LogP contribution in [0.15, 0.2) is 72.8 Å². The first kappa shape index (κ1) is 20.5. The summed E-state index contributed by atoms with van der Waals surface area (Å²) in [7, 11) is 3.09. The van der Waals surface area contributed by atoms with Crippen molar-refractivity contribution in [1.29, 1.82) is 0 Å². The molecule has 0 aromatic heterocycles. The van der Waals surface area contributed by atoms with E-state index in [9.17, 15) is 9.59 Å². The van der Waals surface area contributed by atoms with Crippen LogP contribution >= 0.6 is 0 Å². The Morgan fingerprint density at radius 1 is 0.871 bits per heavy atom. The fourth-order valence-electron chi connectivity index (χ4n) is 3.83. The molecule has 0 radical (unpaired) electrons. The van der Waals surface area contributed by atoms with Crippen LogP contribution < -0.4 is 19.3 Å². The Bertz CT molecular complexity index is 1100. The molecule has 4 rings (SSSR count). The van der Waals surface area contributed by atoms with Crippen LogP contribution in [0.4, 0.5) is 11.4 Å². The van der Waals surface area contributed by atoms with Crippen LogP contribution in [-0.2, 0) is 9.59 Å². The summed E-state index contributed by atoms with van der Waals surface area (Å²) in [6, 6.07) is 21.4. The Balaban J connectivity index is 1.82. The summed E-state index contributed by atoms with van der Waals surface area (Å²) < 4.78 is 10.8. The van der Waals surface area contributed by atoms with E-state index in [1.807, 2.05) is 61.5 Å². The van der Waals surface area contributed by atoms with Gasteiger partial charge in [-0.15, -0.1) is 0 Å². The Morgan fingerprint density at radius 2 is 1.58 bits per heavy atom. The molecule has 0 spiro atoms. The van der Waals surface area contributed by atoms with Gasteiger partial charge in [-0.1, -0.05) is 48.0 Å². The van der Waals surface area contributed by atoms with E-state index in [4.69, 9.17) is 9.47 Å². The van der Waals surface area contributed by atoms with Gasteiger partial charge in [-0.25, -0.2) is 0 Å². The summed E-state index contributed by atoms with van der Waals surface area (Å²) >= 11 is 0. The first-order valence-electron chi connectivity index (χ1n) is 10.0. The van der Waals surface area contributed by atoms with E-state index in [0.29, 0.717) is 22.9 Å². The number of carbonyl (C=O) groups is 2. The van der Waals surface area contributed by atoms with E-state index in [1.165, 1.54) is 12.0 Å². The number of piperazine rings is 1. The normalized spacial score (nSPS) is 16.4. The maximum absolute atomic E-state index is 13.8. The minimum atomic E-state index is -0.781. The summed E-state index contributed by atoms with van der Waals surface area (Å²) in [5.41, 5.74) is 3.06. The van der Waals surface area contributed by atoms with E-state index in [0.717, 1.165) is 11.1 Å². The van der Waals surface area contributed by atoms with Crippen molar-refractivity contribution < 1.29 is 19.1 Å². The van der Waals surface area contributed by atoms with Crippen LogP contribution in [0, 0.1) is 6.92 Å². The van der Waals surface area contributed by atoms with Crippen LogP contribution in [0.1, 0.15) is 17.2 Å². The molecular formula is C25H24N2O4. The standard InChI is InChI=1S/C25H24N2O4/c1-17-9-11-18(12-10-17)24-25(29)26(21-14-13-20(30-2)15-22(21)31-3)16-23(28)27(24)19-7-5-4-6-8-19/h4-15,24H,16H2,1-3H3/t24-/m0/s1. The molecule has 31 heavy (non-hydrogen) atoms. The molecule has 6 heteroatoms. The molecule has 0 aliphatic carbocycles. The molecule has 2 amide bonds. The largest absolute Gasteiger partial charge is 0.497 e. The minimum absolute atomic E-state index is 0.0845. The second kappa shape index (κ2) is 8.52. The van der Waals surface area contributed by atoms with E-state index < -0.39 is 6.04 Å². The van der Waals surface area contributed by atoms with Crippen molar-refractivity contribution in [2.75, 3.05) is 30.6 Å². The first-order chi connectivity index (χ1) is 15.0. The van der Waals surface area contributed by atoms with E-state index >= 15 is 0 Å². The maximum Gasteiger partial charge on any atom is 0.255 e. The lowest BCUT2D eigenvalue weighted by molar-refractivity contribution is -0.128. The predicted molar refractivity (Wildman–Crippen MR) is 120 cm³/mol. The second-order valence-electron chi connectivity index (χ2n) is 7.37. The number of hydrogen-bond acceptors (Lipinski definition) is 4. The number of para-hydroxylation sites is 1. The van der Waals surface area contributed by atoms with Gasteiger partial charge < -0.3 is 9.47 Å². The van der Waals surface area contributed by atoms with Crippen molar-refractivity contribution in [2.24, 2.45) is 0 Å². The van der Waals surface area contributed by atoms with Gasteiger partial charge in [0.25, 0.3) is 5.91 Å². The average molecular weight is 416 g/mol. The molecule has 1 atom stereocenters. The Hall–Kier alpha value is -3.80. The molecule has 1 aliphatic rings. The van der Waals surface area contributed by atoms with Crippen molar-refractivity contribution >= 4 is 23.2 Å². The highest BCUT2D eigenvalue weighted by Gasteiger charge is 2.42. The second-order valence-corrected chi connectivity index (χ2v) is 7.37. The van der Waals surface area contributed by atoms with E-state index in [1.54, 1.807) is 30.2 Å². The molecule has 1 heterocycles. The van der Waals surface area contributed by atoms with Crippen molar-refractivity contribution in [3.05, 3.63) is 83.9 Å². The lowest BCUT2D eigenvalue weighted by atomic mass is 9.98. The lowest BCUT2D eigenvalue weighted by Crippen LogP contribution is -2.56. The molecule has 1 saturated heterocycles. The number of benzene rings is 3. The molecule has 0 N–H and O–H groups in total. The van der Waals surface area contributed by atoms with Gasteiger partial charge in [0, 0.05) is 11.8 Å². The zero-order valence-corrected chi connectivity index (χ0v) is 17.7. The lowest BCUT2D eigenvalue weighted by Gasteiger charge is -2.40. The fraction of sp³-hybridized carbons (Fsp3) is 0.200. The Labute approximate surface area is 181 Å². The van der Waals surface area contributed by atoms with Gasteiger partial charge in [0.2, 0.25) is 5.91 Å². The van der Waals surface area contributed by atoms with E-state index in [-0.39, 0.29) is 18.4 Å². The molecule has 1 fully saturated rings. The summed E-state index contributed by atoms with van der Waals surface area (Å²) in [6.45, 7) is 1.90. The van der Waals surface area contributed by atoms with Crippen LogP contribution in [0.5, 0.6) is 11.5 Å². The third-order valence-corrected chi connectivity index (χ3v) is 5.43. The summed E-state index contributed by atoms with van der Waals surface area (Å²) in [5.74, 6) is 0.707. The van der Waals surface area contributed by atoms with Gasteiger partial charge in [-0.05, 0) is 36.8 Å². The number of amides is 2. The molecule has 0 unspecified atom stereocenters. The number of methoxy groups -OCH3 is 2. The number of hydrogen-bond donors (Lipinski definition) is 0. The molecular weight excluding hydrogens is 392 g/mol. The summed E-state index contributed by atoms with van der Waals surface area (Å²) in [4.78, 5) is 30.2. The van der Waals surface area contributed by atoms with E-state index in [2.05, 4.69) is 0 Å². The number of ether oxygens (including phenoxy) is 2. The number of carbonyl (C=O) groups excluding carboxylic acids is 2. The van der Waals surface area contributed by atoms with Gasteiger partial charge in [-0.3, -0.25) is 19.4 Å². The van der Waals surface area contributed by atoms with Crippen molar-refractivity contribution in [3.8, 4) is 11.5 Å². The van der Waals surface area contributed by atoms with Crippen molar-refractivity contribution in [2.45, 2.75) is 13.0 Å². The van der Waals surface area contributed by atoms with Crippen LogP contribution in [0.3, 0.4) is 0 Å². The number of rotatable bonds is 5. The quantitative estimate of drug-likeness (QED) is 0.627. The van der Waals surface area contributed by atoms with Gasteiger partial charge in [-0.2, -0.15) is 0 Å². The average Bonchev–Trinajstić information content (AvgIpc) is 2.81. The molecule has 158 valence electrons. The molecule has 3 aromatic carbocycles. The highest BCUT2D eigenvalue weighted by molar-refractivity contribution is 6.15. The number of anilines is 2. The summed E-state index contributed by atoms with van der Waals surface area (Å²) in [5, 5.41) is 0. The zero-order chi connectivity index (χ0) is 22.0. The number of aryl methyl sites for hydroxylation is 1. The zero-order valence-electron chi connectivity index (χ0n) is 17.7. The van der Waals surface area contributed by atoms with Gasteiger partial charge >= 0.3 is 0 Å². The first-order valence-corrected chi connectivity index (χ1v) is 10.0. The Kier molecular flexibility index (Phi) is 5.62. The van der Waals surface area contributed by atoms with Gasteiger partial charge in [0.05, 0.1) is 19.9 Å². The van der Waals surface area contributed by atoms with Crippen molar-refractivity contribution in [1.82, 2.24) is 0 Å². The third-order valence-electron chi connectivity index (χ3n) is 5.43. The minimum Gasteiger partial charge on any atom is -0.497 e. The molecule has 1 aliphatic heterocycles. The third kappa shape index (κ3) is 3.84. The Morgan fingerprint density at radius 3 is 2.23 bits per heavy atom. The van der Waals surface area contributed by atoms with Gasteiger partial charge in [0.1, 0.15) is 24.1 Å². The van der Waals surface area contributed by atoms with Gasteiger partial charge in [0.15, 0.2) is 0 Å². The highest BCUT2D eigenvalue weighted by atomic mass is 16.5. The predicted octanol–water partition coefficient (Wildman–Crippen LogP) is 4.13. The molecule has 6 nitrogen and oxygen atoms in total. The van der Waals surface area contributed by atoms with Crippen LogP contribution in [0.25, 0.3) is 0 Å².